The molecular weight excluding hydrogens is 278 g/mol. The Kier molecular flexibility index (Phi) is 4.99. The first kappa shape index (κ1) is 16.4. The number of H-pyrrole nitrogens is 1. The normalized spacial score (nSPS) is 14.0. The van der Waals surface area contributed by atoms with Crippen LogP contribution in [0.2, 0.25) is 0 Å². The number of imidazole rings is 1. The summed E-state index contributed by atoms with van der Waals surface area (Å²) in [5.41, 5.74) is 3.59. The molecule has 0 radical (unpaired) electrons. The van der Waals surface area contributed by atoms with Crippen molar-refractivity contribution in [3.63, 3.8) is 0 Å². The smallest absolute Gasteiger partial charge is 0.166 e. The topological polar surface area (TPSA) is 40.7 Å². The molecule has 1 unspecified atom stereocenters. The first-order valence-electron chi connectivity index (χ1n) is 7.62. The summed E-state index contributed by atoms with van der Waals surface area (Å²) in [4.78, 5) is 8.14. The van der Waals surface area contributed by atoms with Crippen LogP contribution in [-0.4, -0.2) is 27.3 Å². The van der Waals surface area contributed by atoms with Crippen LogP contribution in [-0.2, 0) is 0 Å². The fraction of sp³-hybridized carbons (Fsp3) is 0.588. The molecule has 0 spiro atoms. The quantitative estimate of drug-likeness (QED) is 0.806. The van der Waals surface area contributed by atoms with Crippen LogP contribution in [0.1, 0.15) is 40.2 Å². The fourth-order valence-corrected chi connectivity index (χ4v) is 3.17. The summed E-state index contributed by atoms with van der Waals surface area (Å²) in [6.07, 6.45) is 0. The Morgan fingerprint density at radius 3 is 2.62 bits per heavy atom. The summed E-state index contributed by atoms with van der Waals surface area (Å²) in [6, 6.07) is 6.35. The molecule has 1 atom stereocenters. The number of hydrogen-bond acceptors (Lipinski definition) is 3. The van der Waals surface area contributed by atoms with E-state index in [0.717, 1.165) is 22.7 Å². The first-order chi connectivity index (χ1) is 9.74. The van der Waals surface area contributed by atoms with Crippen LogP contribution in [0.25, 0.3) is 11.0 Å². The number of benzene rings is 1. The molecule has 1 aromatic carbocycles. The molecule has 0 saturated carbocycles. The van der Waals surface area contributed by atoms with E-state index >= 15 is 0 Å². The van der Waals surface area contributed by atoms with E-state index in [9.17, 15) is 0 Å². The maximum atomic E-state index is 4.70. The minimum Gasteiger partial charge on any atom is -0.333 e. The number of thioether (sulfide) groups is 1. The van der Waals surface area contributed by atoms with Crippen LogP contribution in [0.3, 0.4) is 0 Å². The Balaban J connectivity index is 2.11. The zero-order valence-electron chi connectivity index (χ0n) is 13.9. The molecule has 116 valence electrons. The van der Waals surface area contributed by atoms with Crippen LogP contribution < -0.4 is 5.32 Å². The lowest BCUT2D eigenvalue weighted by molar-refractivity contribution is 0.407. The predicted octanol–water partition coefficient (Wildman–Crippen LogP) is 4.38. The highest BCUT2D eigenvalue weighted by Crippen LogP contribution is 2.28. The zero-order chi connectivity index (χ0) is 15.6. The second-order valence-corrected chi connectivity index (χ2v) is 8.32. The number of aryl methyl sites for hydroxylation is 1. The molecule has 21 heavy (non-hydrogen) atoms. The van der Waals surface area contributed by atoms with E-state index in [4.69, 9.17) is 4.98 Å². The predicted molar refractivity (Wildman–Crippen MR) is 93.1 cm³/mol. The number of fused-ring (bicyclic) bond motifs is 1. The van der Waals surface area contributed by atoms with Crippen molar-refractivity contribution in [1.29, 1.82) is 0 Å². The monoisotopic (exact) mass is 305 g/mol. The lowest BCUT2D eigenvalue weighted by atomic mass is 10.1. The molecule has 0 amide bonds. The van der Waals surface area contributed by atoms with Crippen LogP contribution in [0.15, 0.2) is 23.4 Å². The van der Waals surface area contributed by atoms with Gasteiger partial charge in [0.25, 0.3) is 0 Å². The SMILES string of the molecule is Cc1ccc2nc(SC(CNC(C)(C)C)C(C)C)[nH]c2c1. The van der Waals surface area contributed by atoms with Gasteiger partial charge in [0.1, 0.15) is 0 Å². The molecule has 4 heteroatoms. The average Bonchev–Trinajstić information content (AvgIpc) is 2.74. The standard InChI is InChI=1S/C17H27N3S/c1-11(2)15(10-18-17(4,5)6)21-16-19-13-8-7-12(3)9-14(13)20-16/h7-9,11,15,18H,10H2,1-6H3,(H,19,20). The second kappa shape index (κ2) is 6.41. The van der Waals surface area contributed by atoms with Gasteiger partial charge in [0.05, 0.1) is 11.0 Å². The van der Waals surface area contributed by atoms with E-state index in [0.29, 0.717) is 11.2 Å². The van der Waals surface area contributed by atoms with Crippen LogP contribution >= 0.6 is 11.8 Å². The van der Waals surface area contributed by atoms with Crippen LogP contribution in [0.4, 0.5) is 0 Å². The first-order valence-corrected chi connectivity index (χ1v) is 8.50. The van der Waals surface area contributed by atoms with E-state index in [1.165, 1.54) is 5.56 Å². The number of aromatic amines is 1. The molecule has 0 aliphatic heterocycles. The number of nitrogens with one attached hydrogen (secondary N) is 2. The Morgan fingerprint density at radius 2 is 2.00 bits per heavy atom. The number of nitrogens with zero attached hydrogens (tertiary/aromatic N) is 1. The largest absolute Gasteiger partial charge is 0.333 e. The number of aromatic nitrogens is 2. The van der Waals surface area contributed by atoms with Gasteiger partial charge in [-0.15, -0.1) is 0 Å². The molecule has 2 aromatic rings. The molecular formula is C17H27N3S. The maximum absolute atomic E-state index is 4.70. The number of rotatable bonds is 5. The molecule has 2 N–H and O–H groups in total. The Hall–Kier alpha value is -1.00. The third-order valence-corrected chi connectivity index (χ3v) is 4.89. The van der Waals surface area contributed by atoms with Gasteiger partial charge in [0.2, 0.25) is 0 Å². The van der Waals surface area contributed by atoms with Gasteiger partial charge in [-0.3, -0.25) is 0 Å². The lowest BCUT2D eigenvalue weighted by Crippen LogP contribution is -2.41. The van der Waals surface area contributed by atoms with E-state index in [1.807, 2.05) is 11.8 Å². The molecule has 0 fully saturated rings. The van der Waals surface area contributed by atoms with Gasteiger partial charge in [0, 0.05) is 17.3 Å². The van der Waals surface area contributed by atoms with Crippen molar-refractivity contribution in [3.05, 3.63) is 23.8 Å². The van der Waals surface area contributed by atoms with Gasteiger partial charge in [0.15, 0.2) is 5.16 Å². The van der Waals surface area contributed by atoms with Crippen LogP contribution in [0.5, 0.6) is 0 Å². The van der Waals surface area contributed by atoms with Crippen molar-refractivity contribution in [1.82, 2.24) is 15.3 Å². The molecule has 1 heterocycles. The zero-order valence-corrected chi connectivity index (χ0v) is 14.8. The fourth-order valence-electron chi connectivity index (χ4n) is 2.12. The third-order valence-electron chi connectivity index (χ3n) is 3.46. The molecule has 0 bridgehead atoms. The van der Waals surface area contributed by atoms with E-state index in [1.54, 1.807) is 0 Å². The maximum Gasteiger partial charge on any atom is 0.166 e. The Bertz CT molecular complexity index is 596. The van der Waals surface area contributed by atoms with Gasteiger partial charge >= 0.3 is 0 Å². The molecule has 1 aromatic heterocycles. The van der Waals surface area contributed by atoms with E-state index in [2.05, 4.69) is 70.0 Å². The van der Waals surface area contributed by atoms with Crippen molar-refractivity contribution >= 4 is 22.8 Å². The highest BCUT2D eigenvalue weighted by molar-refractivity contribution is 7.99. The molecule has 2 rings (SSSR count). The van der Waals surface area contributed by atoms with E-state index < -0.39 is 0 Å². The van der Waals surface area contributed by atoms with E-state index in [-0.39, 0.29) is 5.54 Å². The summed E-state index contributed by atoms with van der Waals surface area (Å²) < 4.78 is 0. The lowest BCUT2D eigenvalue weighted by Gasteiger charge is -2.26. The summed E-state index contributed by atoms with van der Waals surface area (Å²) in [6.45, 7) is 14.3. The van der Waals surface area contributed by atoms with Crippen molar-refractivity contribution in [2.45, 2.75) is 57.5 Å². The van der Waals surface area contributed by atoms with Gasteiger partial charge in [-0.2, -0.15) is 0 Å². The van der Waals surface area contributed by atoms with Gasteiger partial charge in [-0.25, -0.2) is 4.98 Å². The summed E-state index contributed by atoms with van der Waals surface area (Å²) in [5, 5.41) is 5.13. The van der Waals surface area contributed by atoms with Crippen molar-refractivity contribution < 1.29 is 0 Å². The van der Waals surface area contributed by atoms with Crippen LogP contribution in [0, 0.1) is 12.8 Å². The molecule has 3 nitrogen and oxygen atoms in total. The number of hydrogen-bond donors (Lipinski definition) is 2. The third kappa shape index (κ3) is 4.75. The molecule has 0 aliphatic rings. The highest BCUT2D eigenvalue weighted by atomic mass is 32.2. The van der Waals surface area contributed by atoms with Gasteiger partial charge in [-0.1, -0.05) is 31.7 Å². The van der Waals surface area contributed by atoms with Crippen molar-refractivity contribution in [2.24, 2.45) is 5.92 Å². The molecule has 0 aliphatic carbocycles. The summed E-state index contributed by atoms with van der Waals surface area (Å²) in [7, 11) is 0. The minimum absolute atomic E-state index is 0.151. The summed E-state index contributed by atoms with van der Waals surface area (Å²) in [5.74, 6) is 0.597. The Labute approximate surface area is 132 Å². The summed E-state index contributed by atoms with van der Waals surface area (Å²) >= 11 is 1.84. The van der Waals surface area contributed by atoms with Gasteiger partial charge < -0.3 is 10.3 Å². The Morgan fingerprint density at radius 1 is 1.29 bits per heavy atom. The minimum atomic E-state index is 0.151. The average molecular weight is 305 g/mol. The highest BCUT2D eigenvalue weighted by Gasteiger charge is 2.19. The van der Waals surface area contributed by atoms with Crippen molar-refractivity contribution in [3.8, 4) is 0 Å². The molecule has 0 saturated heterocycles. The van der Waals surface area contributed by atoms with Crippen molar-refractivity contribution in [2.75, 3.05) is 6.54 Å². The van der Waals surface area contributed by atoms with Gasteiger partial charge in [-0.05, 0) is 51.3 Å². The second-order valence-electron chi connectivity index (χ2n) is 7.09.